The quantitative estimate of drug-likeness (QED) is 0.571. The highest BCUT2D eigenvalue weighted by atomic mass is 16.6. The van der Waals surface area contributed by atoms with Gasteiger partial charge in [0.25, 0.3) is 11.6 Å². The van der Waals surface area contributed by atoms with E-state index in [1.54, 1.807) is 6.07 Å². The number of benzene rings is 1. The number of rotatable bonds is 1. The van der Waals surface area contributed by atoms with Gasteiger partial charge < -0.3 is 5.32 Å². The molecule has 0 saturated heterocycles. The largest absolute Gasteiger partial charge is 0.351 e. The molecule has 82 valence electrons. The molecule has 1 aromatic carbocycles. The van der Waals surface area contributed by atoms with Crippen LogP contribution in [0, 0.1) is 10.1 Å². The summed E-state index contributed by atoms with van der Waals surface area (Å²) in [5.41, 5.74) is 1.49. The zero-order chi connectivity index (χ0) is 11.3. The normalized spacial score (nSPS) is 20.1. The van der Waals surface area contributed by atoms with Crippen LogP contribution < -0.4 is 5.32 Å². The highest BCUT2D eigenvalue weighted by Crippen LogP contribution is 2.50. The zero-order valence-electron chi connectivity index (χ0n) is 8.53. The van der Waals surface area contributed by atoms with Crippen LogP contribution in [0.2, 0.25) is 0 Å². The summed E-state index contributed by atoms with van der Waals surface area (Å²) in [6.07, 6.45) is 2.11. The number of nitrogens with zero attached hydrogens (tertiary/aromatic N) is 1. The predicted molar refractivity (Wildman–Crippen MR) is 56.3 cm³/mol. The molecule has 1 saturated carbocycles. The highest BCUT2D eigenvalue weighted by molar-refractivity contribution is 5.98. The molecule has 0 radical (unpaired) electrons. The van der Waals surface area contributed by atoms with E-state index in [-0.39, 0.29) is 17.0 Å². The molecule has 1 aliphatic carbocycles. The van der Waals surface area contributed by atoms with Gasteiger partial charge in [0.15, 0.2) is 0 Å². The van der Waals surface area contributed by atoms with Crippen molar-refractivity contribution in [3.8, 4) is 0 Å². The number of amides is 1. The molecular formula is C11H10N2O3. The van der Waals surface area contributed by atoms with E-state index >= 15 is 0 Å². The molecule has 1 fully saturated rings. The summed E-state index contributed by atoms with van der Waals surface area (Å²) in [5.74, 6) is -0.198. The fraction of sp³-hybridized carbons (Fsp3) is 0.364. The minimum Gasteiger partial charge on any atom is -0.351 e. The van der Waals surface area contributed by atoms with E-state index in [4.69, 9.17) is 0 Å². The van der Waals surface area contributed by atoms with Crippen LogP contribution in [0.15, 0.2) is 18.2 Å². The minimum atomic E-state index is -0.470. The molecule has 0 unspecified atom stereocenters. The number of nitro benzene ring substituents is 1. The number of carbonyl (C=O) groups is 1. The molecule has 5 heteroatoms. The lowest BCUT2D eigenvalue weighted by Crippen LogP contribution is -2.39. The average molecular weight is 218 g/mol. The molecule has 0 aromatic heterocycles. The molecule has 5 nitrogen and oxygen atoms in total. The molecule has 1 N–H and O–H groups in total. The third-order valence-electron chi connectivity index (χ3n) is 3.47. The molecule has 3 rings (SSSR count). The van der Waals surface area contributed by atoms with Crippen molar-refractivity contribution in [2.24, 2.45) is 0 Å². The van der Waals surface area contributed by atoms with Crippen LogP contribution in [0.1, 0.15) is 28.8 Å². The summed E-state index contributed by atoms with van der Waals surface area (Å²) in [6.45, 7) is 0.663. The predicted octanol–water partition coefficient (Wildman–Crippen LogP) is 1.37. The van der Waals surface area contributed by atoms with Crippen molar-refractivity contribution in [1.82, 2.24) is 5.32 Å². The zero-order valence-corrected chi connectivity index (χ0v) is 8.53. The van der Waals surface area contributed by atoms with E-state index in [9.17, 15) is 14.9 Å². The average Bonchev–Trinajstić information content (AvgIpc) is 3.05. The summed E-state index contributed by atoms with van der Waals surface area (Å²) >= 11 is 0. The number of nitrogens with one attached hydrogen (secondary N) is 1. The monoisotopic (exact) mass is 218 g/mol. The Balaban J connectivity index is 2.16. The Bertz CT molecular complexity index is 506. The molecule has 1 amide bonds. The van der Waals surface area contributed by atoms with Gasteiger partial charge in [-0.05, 0) is 18.4 Å². The Morgan fingerprint density at radius 3 is 2.75 bits per heavy atom. The third kappa shape index (κ3) is 1.14. The first-order valence-electron chi connectivity index (χ1n) is 5.20. The van der Waals surface area contributed by atoms with Gasteiger partial charge in [-0.3, -0.25) is 14.9 Å². The summed E-state index contributed by atoms with van der Waals surface area (Å²) in [5, 5.41) is 13.4. The van der Waals surface area contributed by atoms with Crippen LogP contribution >= 0.6 is 0 Å². The summed E-state index contributed by atoms with van der Waals surface area (Å²) in [6, 6.07) is 4.60. The highest BCUT2D eigenvalue weighted by Gasteiger charge is 2.49. The first-order chi connectivity index (χ1) is 7.62. The van der Waals surface area contributed by atoms with Gasteiger partial charge >= 0.3 is 0 Å². The van der Waals surface area contributed by atoms with E-state index < -0.39 is 4.92 Å². The molecule has 1 aliphatic heterocycles. The fourth-order valence-electron chi connectivity index (χ4n) is 2.33. The number of fused-ring (bicyclic) bond motifs is 2. The Labute approximate surface area is 91.6 Å². The van der Waals surface area contributed by atoms with Crippen LogP contribution in [0.3, 0.4) is 0 Å². The number of non-ortho nitro benzene ring substituents is 1. The van der Waals surface area contributed by atoms with E-state index in [1.807, 2.05) is 0 Å². The lowest BCUT2D eigenvalue weighted by Gasteiger charge is -2.25. The van der Waals surface area contributed by atoms with Gasteiger partial charge in [-0.1, -0.05) is 6.07 Å². The van der Waals surface area contributed by atoms with Gasteiger partial charge in [-0.15, -0.1) is 0 Å². The summed E-state index contributed by atoms with van der Waals surface area (Å²) in [4.78, 5) is 21.8. The molecule has 1 spiro atoms. The first-order valence-corrected chi connectivity index (χ1v) is 5.20. The lowest BCUT2D eigenvalue weighted by atomic mass is 9.87. The van der Waals surface area contributed by atoms with Crippen molar-refractivity contribution in [2.45, 2.75) is 18.3 Å². The fourth-order valence-corrected chi connectivity index (χ4v) is 2.33. The van der Waals surface area contributed by atoms with Crippen LogP contribution in [-0.2, 0) is 5.41 Å². The Hall–Kier alpha value is -1.91. The van der Waals surface area contributed by atoms with Crippen LogP contribution in [0.4, 0.5) is 5.69 Å². The molecule has 2 aliphatic rings. The number of hydrogen-bond donors (Lipinski definition) is 1. The molecule has 1 aromatic rings. The first kappa shape index (κ1) is 9.33. The van der Waals surface area contributed by atoms with Gasteiger partial charge in [0.2, 0.25) is 0 Å². The van der Waals surface area contributed by atoms with Crippen molar-refractivity contribution >= 4 is 11.6 Å². The topological polar surface area (TPSA) is 72.2 Å². The second kappa shape index (κ2) is 2.81. The van der Waals surface area contributed by atoms with Crippen molar-refractivity contribution in [3.05, 3.63) is 39.4 Å². The SMILES string of the molecule is O=C1NCC2(CC2)c2ccc([N+](=O)[O-])cc21. The van der Waals surface area contributed by atoms with E-state index in [1.165, 1.54) is 12.1 Å². The smallest absolute Gasteiger partial charge is 0.270 e. The molecule has 16 heavy (non-hydrogen) atoms. The van der Waals surface area contributed by atoms with Gasteiger partial charge in [0.05, 0.1) is 4.92 Å². The van der Waals surface area contributed by atoms with Crippen molar-refractivity contribution < 1.29 is 9.72 Å². The van der Waals surface area contributed by atoms with Gasteiger partial charge in [0.1, 0.15) is 0 Å². The number of nitro groups is 1. The number of hydrogen-bond acceptors (Lipinski definition) is 3. The Morgan fingerprint density at radius 2 is 2.12 bits per heavy atom. The lowest BCUT2D eigenvalue weighted by molar-refractivity contribution is -0.384. The third-order valence-corrected chi connectivity index (χ3v) is 3.47. The van der Waals surface area contributed by atoms with E-state index in [0.29, 0.717) is 12.1 Å². The molecule has 0 atom stereocenters. The van der Waals surface area contributed by atoms with Crippen molar-refractivity contribution in [2.75, 3.05) is 6.54 Å². The molecular weight excluding hydrogens is 208 g/mol. The molecule has 1 heterocycles. The Morgan fingerprint density at radius 1 is 1.38 bits per heavy atom. The second-order valence-electron chi connectivity index (χ2n) is 4.45. The van der Waals surface area contributed by atoms with Gasteiger partial charge in [0, 0.05) is 29.7 Å². The number of carbonyl (C=O) groups excluding carboxylic acids is 1. The Kier molecular flexibility index (Phi) is 1.64. The van der Waals surface area contributed by atoms with E-state index in [0.717, 1.165) is 18.4 Å². The molecule has 0 bridgehead atoms. The second-order valence-corrected chi connectivity index (χ2v) is 4.45. The van der Waals surface area contributed by atoms with Crippen LogP contribution in [0.25, 0.3) is 0 Å². The van der Waals surface area contributed by atoms with Gasteiger partial charge in [-0.25, -0.2) is 0 Å². The van der Waals surface area contributed by atoms with Crippen LogP contribution in [0.5, 0.6) is 0 Å². The maximum absolute atomic E-state index is 11.6. The minimum absolute atomic E-state index is 0.0217. The van der Waals surface area contributed by atoms with Crippen molar-refractivity contribution in [1.29, 1.82) is 0 Å². The van der Waals surface area contributed by atoms with Crippen molar-refractivity contribution in [3.63, 3.8) is 0 Å². The van der Waals surface area contributed by atoms with Crippen LogP contribution in [-0.4, -0.2) is 17.4 Å². The summed E-state index contributed by atoms with van der Waals surface area (Å²) < 4.78 is 0. The van der Waals surface area contributed by atoms with Gasteiger partial charge in [-0.2, -0.15) is 0 Å². The maximum atomic E-state index is 11.6. The maximum Gasteiger partial charge on any atom is 0.270 e. The van der Waals surface area contributed by atoms with E-state index in [2.05, 4.69) is 5.32 Å². The summed E-state index contributed by atoms with van der Waals surface area (Å²) in [7, 11) is 0. The standard InChI is InChI=1S/C11H10N2O3/c14-10-8-5-7(13(15)16)1-2-9(8)11(3-4-11)6-12-10/h1-2,5H,3-4,6H2,(H,12,14).